The highest BCUT2D eigenvalue weighted by atomic mass is 16.2. The van der Waals surface area contributed by atoms with E-state index in [1.165, 1.54) is 0 Å². The SMILES string of the molecule is CC(C)(C)C1CCN(C(=O)CCCCCN)C1. The van der Waals surface area contributed by atoms with Gasteiger partial charge in [-0.2, -0.15) is 0 Å². The van der Waals surface area contributed by atoms with Gasteiger partial charge in [0.1, 0.15) is 0 Å². The van der Waals surface area contributed by atoms with E-state index in [0.29, 0.717) is 23.7 Å². The third-order valence-corrected chi connectivity index (χ3v) is 3.86. The summed E-state index contributed by atoms with van der Waals surface area (Å²) in [6.07, 6.45) is 4.98. The summed E-state index contributed by atoms with van der Waals surface area (Å²) < 4.78 is 0. The van der Waals surface area contributed by atoms with Crippen molar-refractivity contribution >= 4 is 5.91 Å². The highest BCUT2D eigenvalue weighted by Crippen LogP contribution is 2.33. The van der Waals surface area contributed by atoms with Crippen molar-refractivity contribution in [3.63, 3.8) is 0 Å². The number of nitrogens with zero attached hydrogens (tertiary/aromatic N) is 1. The third-order valence-electron chi connectivity index (χ3n) is 3.86. The van der Waals surface area contributed by atoms with Crippen LogP contribution in [0.2, 0.25) is 0 Å². The lowest BCUT2D eigenvalue weighted by molar-refractivity contribution is -0.130. The lowest BCUT2D eigenvalue weighted by atomic mass is 9.80. The lowest BCUT2D eigenvalue weighted by Crippen LogP contribution is -2.30. The molecule has 0 bridgehead atoms. The van der Waals surface area contributed by atoms with Crippen molar-refractivity contribution in [2.75, 3.05) is 19.6 Å². The number of likely N-dealkylation sites (tertiary alicyclic amines) is 1. The Kier molecular flexibility index (Phi) is 5.44. The molecule has 0 aromatic rings. The number of carbonyl (C=O) groups excluding carboxylic acids is 1. The molecule has 1 amide bonds. The van der Waals surface area contributed by atoms with Gasteiger partial charge >= 0.3 is 0 Å². The molecule has 2 N–H and O–H groups in total. The van der Waals surface area contributed by atoms with Crippen molar-refractivity contribution < 1.29 is 4.79 Å². The molecule has 0 aromatic heterocycles. The molecule has 1 aliphatic heterocycles. The first kappa shape index (κ1) is 14.5. The molecular weight excluding hydrogens is 212 g/mol. The maximum atomic E-state index is 12.0. The van der Waals surface area contributed by atoms with Gasteiger partial charge in [0, 0.05) is 19.5 Å². The van der Waals surface area contributed by atoms with Crippen LogP contribution in [0.15, 0.2) is 0 Å². The third kappa shape index (κ3) is 4.66. The number of amides is 1. The molecule has 0 aliphatic carbocycles. The molecule has 1 unspecified atom stereocenters. The molecule has 1 aliphatic rings. The fourth-order valence-corrected chi connectivity index (χ4v) is 2.45. The zero-order valence-corrected chi connectivity index (χ0v) is 11.7. The zero-order valence-electron chi connectivity index (χ0n) is 11.7. The molecule has 3 nitrogen and oxygen atoms in total. The minimum atomic E-state index is 0.328. The Hall–Kier alpha value is -0.570. The van der Waals surface area contributed by atoms with E-state index in [2.05, 4.69) is 25.7 Å². The van der Waals surface area contributed by atoms with Gasteiger partial charge in [-0.05, 0) is 37.1 Å². The van der Waals surface area contributed by atoms with Crippen LogP contribution in [0.25, 0.3) is 0 Å². The molecule has 0 aromatic carbocycles. The summed E-state index contributed by atoms with van der Waals surface area (Å²) in [6, 6.07) is 0. The minimum Gasteiger partial charge on any atom is -0.342 e. The molecule has 1 heterocycles. The molecule has 1 rings (SSSR count). The van der Waals surface area contributed by atoms with Gasteiger partial charge in [0.25, 0.3) is 0 Å². The van der Waals surface area contributed by atoms with E-state index < -0.39 is 0 Å². The van der Waals surface area contributed by atoms with E-state index in [-0.39, 0.29) is 0 Å². The fraction of sp³-hybridized carbons (Fsp3) is 0.929. The Morgan fingerprint density at radius 1 is 1.29 bits per heavy atom. The molecule has 1 saturated heterocycles. The largest absolute Gasteiger partial charge is 0.342 e. The molecule has 17 heavy (non-hydrogen) atoms. The summed E-state index contributed by atoms with van der Waals surface area (Å²) in [6.45, 7) is 9.47. The van der Waals surface area contributed by atoms with Crippen molar-refractivity contribution in [3.8, 4) is 0 Å². The van der Waals surface area contributed by atoms with Crippen LogP contribution in [0.5, 0.6) is 0 Å². The summed E-state index contributed by atoms with van der Waals surface area (Å²) in [5.74, 6) is 1.00. The predicted octanol–water partition coefficient (Wildman–Crippen LogP) is 2.40. The first-order valence-electron chi connectivity index (χ1n) is 6.93. The number of rotatable bonds is 5. The van der Waals surface area contributed by atoms with Crippen molar-refractivity contribution in [1.29, 1.82) is 0 Å². The van der Waals surface area contributed by atoms with Crippen LogP contribution in [-0.4, -0.2) is 30.4 Å². The molecular formula is C14H28N2O. The Labute approximate surface area is 106 Å². The molecule has 1 fully saturated rings. The van der Waals surface area contributed by atoms with Gasteiger partial charge in [0.05, 0.1) is 0 Å². The lowest BCUT2D eigenvalue weighted by Gasteiger charge is -2.27. The van der Waals surface area contributed by atoms with Crippen molar-refractivity contribution in [1.82, 2.24) is 4.90 Å². The average Bonchev–Trinajstić information content (AvgIpc) is 2.72. The highest BCUT2D eigenvalue weighted by Gasteiger charge is 2.33. The van der Waals surface area contributed by atoms with Crippen LogP contribution in [0.3, 0.4) is 0 Å². The van der Waals surface area contributed by atoms with Gasteiger partial charge in [-0.3, -0.25) is 4.79 Å². The number of nitrogens with two attached hydrogens (primary N) is 1. The normalized spacial score (nSPS) is 20.9. The Morgan fingerprint density at radius 3 is 2.53 bits per heavy atom. The maximum absolute atomic E-state index is 12.0. The second-order valence-electron chi connectivity index (χ2n) is 6.29. The van der Waals surface area contributed by atoms with Gasteiger partial charge < -0.3 is 10.6 Å². The van der Waals surface area contributed by atoms with Gasteiger partial charge in [-0.1, -0.05) is 27.2 Å². The second kappa shape index (κ2) is 6.39. The monoisotopic (exact) mass is 240 g/mol. The Balaban J connectivity index is 2.26. The quantitative estimate of drug-likeness (QED) is 0.750. The van der Waals surface area contributed by atoms with Crippen LogP contribution in [0.4, 0.5) is 0 Å². The number of hydrogen-bond acceptors (Lipinski definition) is 2. The molecule has 0 spiro atoms. The Bertz CT molecular complexity index is 245. The van der Waals surface area contributed by atoms with Crippen molar-refractivity contribution in [2.45, 2.75) is 52.9 Å². The fourth-order valence-electron chi connectivity index (χ4n) is 2.45. The summed E-state index contributed by atoms with van der Waals surface area (Å²) >= 11 is 0. The average molecular weight is 240 g/mol. The van der Waals surface area contributed by atoms with E-state index in [1.54, 1.807) is 0 Å². The number of carbonyl (C=O) groups is 1. The van der Waals surface area contributed by atoms with Gasteiger partial charge in [0.2, 0.25) is 5.91 Å². The van der Waals surface area contributed by atoms with Gasteiger partial charge in [0.15, 0.2) is 0 Å². The van der Waals surface area contributed by atoms with Crippen LogP contribution < -0.4 is 5.73 Å². The van der Waals surface area contributed by atoms with Crippen LogP contribution in [-0.2, 0) is 4.79 Å². The standard InChI is InChI=1S/C14H28N2O/c1-14(2,3)12-8-10-16(11-12)13(17)7-5-4-6-9-15/h12H,4-11,15H2,1-3H3. The second-order valence-corrected chi connectivity index (χ2v) is 6.29. The minimum absolute atomic E-state index is 0.328. The maximum Gasteiger partial charge on any atom is 0.222 e. The summed E-state index contributed by atoms with van der Waals surface area (Å²) in [4.78, 5) is 14.0. The van der Waals surface area contributed by atoms with E-state index in [9.17, 15) is 4.79 Å². The Morgan fingerprint density at radius 2 is 2.00 bits per heavy atom. The molecule has 1 atom stereocenters. The van der Waals surface area contributed by atoms with E-state index >= 15 is 0 Å². The molecule has 0 saturated carbocycles. The molecule has 100 valence electrons. The number of hydrogen-bond donors (Lipinski definition) is 1. The van der Waals surface area contributed by atoms with Crippen LogP contribution in [0.1, 0.15) is 52.9 Å². The smallest absolute Gasteiger partial charge is 0.222 e. The first-order valence-corrected chi connectivity index (χ1v) is 6.93. The summed E-state index contributed by atoms with van der Waals surface area (Å²) in [5, 5.41) is 0. The highest BCUT2D eigenvalue weighted by molar-refractivity contribution is 5.76. The van der Waals surface area contributed by atoms with E-state index in [0.717, 1.165) is 45.3 Å². The van der Waals surface area contributed by atoms with Crippen LogP contribution in [0, 0.1) is 11.3 Å². The number of unbranched alkanes of at least 4 members (excludes halogenated alkanes) is 2. The summed E-state index contributed by atoms with van der Waals surface area (Å²) in [5.41, 5.74) is 5.77. The van der Waals surface area contributed by atoms with Crippen LogP contribution >= 0.6 is 0 Å². The van der Waals surface area contributed by atoms with Crippen molar-refractivity contribution in [2.24, 2.45) is 17.1 Å². The summed E-state index contributed by atoms with van der Waals surface area (Å²) in [7, 11) is 0. The molecule has 0 radical (unpaired) electrons. The van der Waals surface area contributed by atoms with Gasteiger partial charge in [-0.15, -0.1) is 0 Å². The predicted molar refractivity (Wildman–Crippen MR) is 71.7 cm³/mol. The first-order chi connectivity index (χ1) is 7.95. The van der Waals surface area contributed by atoms with Gasteiger partial charge in [-0.25, -0.2) is 0 Å². The van der Waals surface area contributed by atoms with E-state index in [4.69, 9.17) is 5.73 Å². The topological polar surface area (TPSA) is 46.3 Å². The van der Waals surface area contributed by atoms with Crippen molar-refractivity contribution in [3.05, 3.63) is 0 Å². The van der Waals surface area contributed by atoms with E-state index in [1.807, 2.05) is 0 Å². The zero-order chi connectivity index (χ0) is 12.9. The molecule has 3 heteroatoms.